The van der Waals surface area contributed by atoms with Gasteiger partial charge < -0.3 is 10.0 Å². The van der Waals surface area contributed by atoms with Crippen LogP contribution in [0, 0.1) is 0 Å². The largest absolute Gasteiger partial charge is 0.478 e. The zero-order chi connectivity index (χ0) is 27.8. The lowest BCUT2D eigenvalue weighted by molar-refractivity contribution is 0.0697. The summed E-state index contributed by atoms with van der Waals surface area (Å²) in [6.07, 6.45) is 0. The molecule has 3 nitrogen and oxygen atoms in total. The minimum absolute atomic E-state index is 0.250. The van der Waals surface area contributed by atoms with Crippen LogP contribution in [0.25, 0.3) is 11.1 Å². The van der Waals surface area contributed by atoms with Gasteiger partial charge in [-0.15, -0.1) is 0 Å². The summed E-state index contributed by atoms with van der Waals surface area (Å²) in [5.41, 5.74) is 9.71. The molecule has 0 bridgehead atoms. The second kappa shape index (κ2) is 9.96. The van der Waals surface area contributed by atoms with Gasteiger partial charge in [-0.3, -0.25) is 0 Å². The molecular weight excluding hydrogens is 502 g/mol. The third-order valence-corrected chi connectivity index (χ3v) is 8.07. The molecule has 3 heteroatoms. The summed E-state index contributed by atoms with van der Waals surface area (Å²) < 4.78 is 0. The van der Waals surface area contributed by atoms with E-state index in [4.69, 9.17) is 0 Å². The third kappa shape index (κ3) is 3.94. The first kappa shape index (κ1) is 24.6. The fourth-order valence-corrected chi connectivity index (χ4v) is 6.37. The number of anilines is 3. The molecule has 196 valence electrons. The fourth-order valence-electron chi connectivity index (χ4n) is 6.37. The van der Waals surface area contributed by atoms with Gasteiger partial charge in [-0.05, 0) is 75.8 Å². The van der Waals surface area contributed by atoms with Gasteiger partial charge in [0.05, 0.1) is 11.0 Å². The number of nitrogens with zero attached hydrogens (tertiary/aromatic N) is 1. The normalized spacial score (nSPS) is 12.8. The number of hydrogen-bond acceptors (Lipinski definition) is 2. The number of carboxylic acids is 1. The van der Waals surface area contributed by atoms with Crippen molar-refractivity contribution in [3.63, 3.8) is 0 Å². The molecule has 0 radical (unpaired) electrons. The summed E-state index contributed by atoms with van der Waals surface area (Å²) in [7, 11) is 0. The lowest BCUT2D eigenvalue weighted by atomic mass is 9.67. The summed E-state index contributed by atoms with van der Waals surface area (Å²) in [4.78, 5) is 14.0. The summed E-state index contributed by atoms with van der Waals surface area (Å²) in [6.45, 7) is 0. The Balaban J connectivity index is 1.54. The molecule has 0 atom stereocenters. The summed E-state index contributed by atoms with van der Waals surface area (Å²) in [5.74, 6) is -0.948. The monoisotopic (exact) mass is 529 g/mol. The van der Waals surface area contributed by atoms with E-state index in [9.17, 15) is 9.90 Å². The highest BCUT2D eigenvalue weighted by Crippen LogP contribution is 2.57. The van der Waals surface area contributed by atoms with Crippen molar-refractivity contribution in [3.8, 4) is 11.1 Å². The van der Waals surface area contributed by atoms with Crippen molar-refractivity contribution < 1.29 is 9.90 Å². The minimum Gasteiger partial charge on any atom is -0.478 e. The summed E-state index contributed by atoms with van der Waals surface area (Å²) in [5, 5.41) is 9.76. The molecule has 6 aromatic carbocycles. The number of aromatic carboxylic acids is 1. The molecule has 0 aliphatic heterocycles. The molecule has 0 saturated carbocycles. The van der Waals surface area contributed by atoms with Gasteiger partial charge in [0.1, 0.15) is 0 Å². The molecule has 0 saturated heterocycles. The van der Waals surface area contributed by atoms with E-state index in [0.717, 1.165) is 17.1 Å². The standard InChI is InChI=1S/C38H27NO2/c40-37(41)27-13-12-20-31(25-27)39(30-18-8-3-9-19-30)32-23-24-34-33-21-10-11-22-35(33)38(36(34)26-32,28-14-4-1-5-15-28)29-16-6-2-7-17-29/h1-26H,(H,40,41). The van der Waals surface area contributed by atoms with E-state index in [1.54, 1.807) is 18.2 Å². The SMILES string of the molecule is O=C(O)c1cccc(N(c2ccccc2)c2ccc3c(c2)C(c2ccccc2)(c2ccccc2)c2ccccc2-3)c1. The van der Waals surface area contributed by atoms with Crippen molar-refractivity contribution in [2.24, 2.45) is 0 Å². The van der Waals surface area contributed by atoms with Gasteiger partial charge in [-0.1, -0.05) is 115 Å². The highest BCUT2D eigenvalue weighted by atomic mass is 16.4. The molecule has 7 rings (SSSR count). The van der Waals surface area contributed by atoms with Gasteiger partial charge in [-0.2, -0.15) is 0 Å². The van der Waals surface area contributed by atoms with E-state index < -0.39 is 11.4 Å². The zero-order valence-electron chi connectivity index (χ0n) is 22.3. The smallest absolute Gasteiger partial charge is 0.335 e. The Morgan fingerprint density at radius 3 is 1.68 bits per heavy atom. The Labute approximate surface area is 239 Å². The highest BCUT2D eigenvalue weighted by molar-refractivity contribution is 5.92. The average Bonchev–Trinajstić information content (AvgIpc) is 3.33. The third-order valence-electron chi connectivity index (χ3n) is 8.07. The van der Waals surface area contributed by atoms with Crippen molar-refractivity contribution in [1.82, 2.24) is 0 Å². The Hall–Kier alpha value is -5.41. The molecule has 0 heterocycles. The maximum Gasteiger partial charge on any atom is 0.335 e. The van der Waals surface area contributed by atoms with Crippen molar-refractivity contribution in [2.75, 3.05) is 4.90 Å². The van der Waals surface area contributed by atoms with Crippen molar-refractivity contribution in [1.29, 1.82) is 0 Å². The topological polar surface area (TPSA) is 40.5 Å². The molecule has 41 heavy (non-hydrogen) atoms. The molecule has 0 spiro atoms. The van der Waals surface area contributed by atoms with Crippen LogP contribution in [0.15, 0.2) is 158 Å². The van der Waals surface area contributed by atoms with Gasteiger partial charge in [0, 0.05) is 17.1 Å². The zero-order valence-corrected chi connectivity index (χ0v) is 22.3. The molecule has 6 aromatic rings. The Morgan fingerprint density at radius 2 is 1.02 bits per heavy atom. The molecule has 1 N–H and O–H groups in total. The Morgan fingerprint density at radius 1 is 0.488 bits per heavy atom. The summed E-state index contributed by atoms with van der Waals surface area (Å²) >= 11 is 0. The van der Waals surface area contributed by atoms with Crippen LogP contribution < -0.4 is 4.90 Å². The van der Waals surface area contributed by atoms with Crippen molar-refractivity contribution in [3.05, 3.63) is 186 Å². The minimum atomic E-state index is -0.948. The number of hydrogen-bond donors (Lipinski definition) is 1. The van der Waals surface area contributed by atoms with Gasteiger partial charge >= 0.3 is 5.97 Å². The first-order valence-electron chi connectivity index (χ1n) is 13.7. The molecule has 0 fully saturated rings. The molecule has 1 aliphatic carbocycles. The predicted octanol–water partition coefficient (Wildman–Crippen LogP) is 9.22. The van der Waals surface area contributed by atoms with Crippen LogP contribution in [0.3, 0.4) is 0 Å². The van der Waals surface area contributed by atoms with E-state index in [-0.39, 0.29) is 5.56 Å². The average molecular weight is 530 g/mol. The van der Waals surface area contributed by atoms with Crippen LogP contribution in [0.2, 0.25) is 0 Å². The second-order valence-electron chi connectivity index (χ2n) is 10.3. The van der Waals surface area contributed by atoms with Crippen LogP contribution in [-0.2, 0) is 5.41 Å². The maximum atomic E-state index is 11.9. The first-order chi connectivity index (χ1) is 20.2. The number of fused-ring (bicyclic) bond motifs is 3. The quantitative estimate of drug-likeness (QED) is 0.233. The van der Waals surface area contributed by atoms with Crippen molar-refractivity contribution in [2.45, 2.75) is 5.41 Å². The first-order valence-corrected chi connectivity index (χ1v) is 13.7. The number of para-hydroxylation sites is 1. The Bertz CT molecular complexity index is 1820. The molecule has 1 aliphatic rings. The molecule has 0 amide bonds. The van der Waals surface area contributed by atoms with Crippen LogP contribution in [0.4, 0.5) is 17.1 Å². The van der Waals surface area contributed by atoms with E-state index >= 15 is 0 Å². The van der Waals surface area contributed by atoms with Crippen molar-refractivity contribution >= 4 is 23.0 Å². The van der Waals surface area contributed by atoms with Crippen LogP contribution in [0.5, 0.6) is 0 Å². The lowest BCUT2D eigenvalue weighted by Crippen LogP contribution is -2.28. The number of rotatable bonds is 6. The van der Waals surface area contributed by atoms with Crippen LogP contribution in [-0.4, -0.2) is 11.1 Å². The van der Waals surface area contributed by atoms with Crippen LogP contribution in [0.1, 0.15) is 32.6 Å². The second-order valence-corrected chi connectivity index (χ2v) is 10.3. The summed E-state index contributed by atoms with van der Waals surface area (Å²) in [6, 6.07) is 54.0. The molecular formula is C38H27NO2. The predicted molar refractivity (Wildman–Crippen MR) is 165 cm³/mol. The Kier molecular flexibility index (Phi) is 5.98. The fraction of sp³-hybridized carbons (Fsp3) is 0.0263. The van der Waals surface area contributed by atoms with Gasteiger partial charge in [-0.25, -0.2) is 4.79 Å². The van der Waals surface area contributed by atoms with E-state index in [0.29, 0.717) is 0 Å². The number of carbonyl (C=O) groups is 1. The van der Waals surface area contributed by atoms with Gasteiger partial charge in [0.15, 0.2) is 0 Å². The lowest BCUT2D eigenvalue weighted by Gasteiger charge is -2.35. The molecule has 0 unspecified atom stereocenters. The van der Waals surface area contributed by atoms with Gasteiger partial charge in [0.2, 0.25) is 0 Å². The number of benzene rings is 6. The van der Waals surface area contributed by atoms with E-state index in [1.807, 2.05) is 24.3 Å². The van der Waals surface area contributed by atoms with Crippen LogP contribution >= 0.6 is 0 Å². The molecule has 0 aromatic heterocycles. The maximum absolute atomic E-state index is 11.9. The van der Waals surface area contributed by atoms with E-state index in [2.05, 4.69) is 120 Å². The van der Waals surface area contributed by atoms with E-state index in [1.165, 1.54) is 33.4 Å². The highest BCUT2D eigenvalue weighted by Gasteiger charge is 2.46. The van der Waals surface area contributed by atoms with Gasteiger partial charge in [0.25, 0.3) is 0 Å². The number of carboxylic acid groups (broad SMARTS) is 1.